The van der Waals surface area contributed by atoms with E-state index in [-0.39, 0.29) is 18.1 Å². The molecule has 0 radical (unpaired) electrons. The zero-order valence-electron chi connectivity index (χ0n) is 11.9. The van der Waals surface area contributed by atoms with Gasteiger partial charge >= 0.3 is 6.18 Å². The van der Waals surface area contributed by atoms with Crippen molar-refractivity contribution >= 4 is 0 Å². The van der Waals surface area contributed by atoms with Gasteiger partial charge in [0.15, 0.2) is 6.10 Å². The van der Waals surface area contributed by atoms with Gasteiger partial charge in [-0.15, -0.1) is 0 Å². The Balaban J connectivity index is 2.53. The third-order valence-electron chi connectivity index (χ3n) is 3.40. The number of nitrogens with one attached hydrogen (secondary N) is 1. The van der Waals surface area contributed by atoms with E-state index in [4.69, 9.17) is 0 Å². The Morgan fingerprint density at radius 1 is 1.26 bits per heavy atom. The second-order valence-corrected chi connectivity index (χ2v) is 6.33. The Kier molecular flexibility index (Phi) is 5.65. The minimum absolute atomic E-state index is 0.0498. The zero-order valence-corrected chi connectivity index (χ0v) is 11.9. The monoisotopic (exact) mass is 282 g/mol. The summed E-state index contributed by atoms with van der Waals surface area (Å²) in [7, 11) is 0. The van der Waals surface area contributed by atoms with Crippen molar-refractivity contribution in [2.45, 2.75) is 63.9 Å². The van der Waals surface area contributed by atoms with Gasteiger partial charge in [-0.2, -0.15) is 13.2 Å². The molecule has 6 heteroatoms. The van der Waals surface area contributed by atoms with Crippen LogP contribution in [0.1, 0.15) is 40.0 Å². The van der Waals surface area contributed by atoms with E-state index in [0.29, 0.717) is 13.1 Å². The Morgan fingerprint density at radius 3 is 2.42 bits per heavy atom. The molecule has 1 saturated heterocycles. The van der Waals surface area contributed by atoms with Gasteiger partial charge in [-0.05, 0) is 40.2 Å². The van der Waals surface area contributed by atoms with Gasteiger partial charge in [0, 0.05) is 24.7 Å². The molecule has 0 saturated carbocycles. The summed E-state index contributed by atoms with van der Waals surface area (Å²) in [6, 6.07) is 0.0741. The van der Waals surface area contributed by atoms with Crippen molar-refractivity contribution in [3.8, 4) is 0 Å². The lowest BCUT2D eigenvalue weighted by Gasteiger charge is -2.38. The standard InChI is InChI=1S/C13H25F3N2O/c1-12(2,3)17-8-10-6-4-5-7-18(10)9-11(19)13(14,15)16/h10-11,17,19H,4-9H2,1-3H3. The van der Waals surface area contributed by atoms with Crippen LogP contribution in [0.5, 0.6) is 0 Å². The van der Waals surface area contributed by atoms with Gasteiger partial charge in [-0.3, -0.25) is 4.90 Å². The molecule has 2 N–H and O–H groups in total. The molecule has 1 rings (SSSR count). The Morgan fingerprint density at radius 2 is 1.89 bits per heavy atom. The van der Waals surface area contributed by atoms with Crippen molar-refractivity contribution in [2.24, 2.45) is 0 Å². The summed E-state index contributed by atoms with van der Waals surface area (Å²) in [4.78, 5) is 1.76. The van der Waals surface area contributed by atoms with Gasteiger partial charge in [-0.25, -0.2) is 0 Å². The van der Waals surface area contributed by atoms with E-state index >= 15 is 0 Å². The maximum absolute atomic E-state index is 12.4. The van der Waals surface area contributed by atoms with Gasteiger partial charge in [0.25, 0.3) is 0 Å². The lowest BCUT2D eigenvalue weighted by atomic mass is 10.00. The SMILES string of the molecule is CC(C)(C)NCC1CCCCN1CC(O)C(F)(F)F. The maximum Gasteiger partial charge on any atom is 0.415 e. The molecule has 1 aliphatic heterocycles. The third-order valence-corrected chi connectivity index (χ3v) is 3.40. The number of rotatable bonds is 4. The predicted octanol–water partition coefficient (Wildman–Crippen LogP) is 2.15. The van der Waals surface area contributed by atoms with Crippen molar-refractivity contribution in [1.29, 1.82) is 0 Å². The topological polar surface area (TPSA) is 35.5 Å². The smallest absolute Gasteiger partial charge is 0.382 e. The van der Waals surface area contributed by atoms with E-state index in [9.17, 15) is 18.3 Å². The van der Waals surface area contributed by atoms with Crippen molar-refractivity contribution in [3.05, 3.63) is 0 Å². The highest BCUT2D eigenvalue weighted by Crippen LogP contribution is 2.24. The fraction of sp³-hybridized carbons (Fsp3) is 1.00. The van der Waals surface area contributed by atoms with Crippen molar-refractivity contribution < 1.29 is 18.3 Å². The largest absolute Gasteiger partial charge is 0.415 e. The van der Waals surface area contributed by atoms with E-state index in [2.05, 4.69) is 5.32 Å². The molecule has 0 amide bonds. The van der Waals surface area contributed by atoms with Gasteiger partial charge in [-0.1, -0.05) is 6.42 Å². The molecule has 2 unspecified atom stereocenters. The first-order chi connectivity index (χ1) is 8.59. The van der Waals surface area contributed by atoms with Gasteiger partial charge < -0.3 is 10.4 Å². The normalized spacial score (nSPS) is 24.5. The van der Waals surface area contributed by atoms with Gasteiger partial charge in [0.2, 0.25) is 0 Å². The summed E-state index contributed by atoms with van der Waals surface area (Å²) < 4.78 is 37.2. The zero-order chi connectivity index (χ0) is 14.7. The number of halogens is 3. The minimum atomic E-state index is -4.53. The second kappa shape index (κ2) is 6.41. The molecule has 114 valence electrons. The average molecular weight is 282 g/mol. The molecule has 0 aromatic carbocycles. The molecule has 0 spiro atoms. The second-order valence-electron chi connectivity index (χ2n) is 6.33. The number of aliphatic hydroxyl groups excluding tert-OH is 1. The van der Waals surface area contributed by atoms with E-state index < -0.39 is 12.3 Å². The van der Waals surface area contributed by atoms with Crippen LogP contribution in [-0.4, -0.2) is 53.5 Å². The summed E-state index contributed by atoms with van der Waals surface area (Å²) >= 11 is 0. The Labute approximate surface area is 113 Å². The molecule has 3 nitrogen and oxygen atoms in total. The molecule has 0 aliphatic carbocycles. The van der Waals surface area contributed by atoms with Crippen LogP contribution in [0.15, 0.2) is 0 Å². The van der Waals surface area contributed by atoms with E-state index in [1.54, 1.807) is 4.90 Å². The van der Waals surface area contributed by atoms with Gasteiger partial charge in [0.1, 0.15) is 0 Å². The molecule has 19 heavy (non-hydrogen) atoms. The Bertz CT molecular complexity index is 276. The van der Waals surface area contributed by atoms with Crippen LogP contribution >= 0.6 is 0 Å². The molecule has 2 atom stereocenters. The molecule has 1 fully saturated rings. The summed E-state index contributed by atoms with van der Waals surface area (Å²) in [6.45, 7) is 7.07. The van der Waals surface area contributed by atoms with Crippen LogP contribution in [-0.2, 0) is 0 Å². The van der Waals surface area contributed by atoms with Crippen molar-refractivity contribution in [1.82, 2.24) is 10.2 Å². The van der Waals surface area contributed by atoms with Crippen LogP contribution in [0, 0.1) is 0 Å². The lowest BCUT2D eigenvalue weighted by Crippen LogP contribution is -2.53. The average Bonchev–Trinajstić information content (AvgIpc) is 2.25. The first-order valence-corrected chi connectivity index (χ1v) is 6.83. The number of nitrogens with zero attached hydrogens (tertiary/aromatic N) is 1. The van der Waals surface area contributed by atoms with Crippen LogP contribution in [0.2, 0.25) is 0 Å². The van der Waals surface area contributed by atoms with E-state index in [1.807, 2.05) is 20.8 Å². The summed E-state index contributed by atoms with van der Waals surface area (Å²) in [5.41, 5.74) is -0.0498. The first-order valence-electron chi connectivity index (χ1n) is 6.83. The number of likely N-dealkylation sites (tertiary alicyclic amines) is 1. The number of piperidine rings is 1. The number of hydrogen-bond acceptors (Lipinski definition) is 3. The van der Waals surface area contributed by atoms with Crippen LogP contribution in [0.4, 0.5) is 13.2 Å². The van der Waals surface area contributed by atoms with E-state index in [1.165, 1.54) is 0 Å². The molecule has 0 bridgehead atoms. The highest BCUT2D eigenvalue weighted by atomic mass is 19.4. The third kappa shape index (κ3) is 6.10. The number of hydrogen-bond donors (Lipinski definition) is 2. The molecule has 1 heterocycles. The number of β-amino-alcohol motifs (C(OH)–C–C–N with tert-alkyl or cyclic N) is 1. The number of aliphatic hydroxyl groups is 1. The van der Waals surface area contributed by atoms with Crippen LogP contribution in [0.3, 0.4) is 0 Å². The molecular formula is C13H25F3N2O. The summed E-state index contributed by atoms with van der Waals surface area (Å²) in [5.74, 6) is 0. The Hall–Kier alpha value is -0.330. The molecular weight excluding hydrogens is 257 g/mol. The fourth-order valence-corrected chi connectivity index (χ4v) is 2.28. The molecule has 0 aromatic rings. The predicted molar refractivity (Wildman–Crippen MR) is 69.0 cm³/mol. The number of alkyl halides is 3. The van der Waals surface area contributed by atoms with Crippen LogP contribution in [0.25, 0.3) is 0 Å². The minimum Gasteiger partial charge on any atom is -0.382 e. The van der Waals surface area contributed by atoms with Crippen molar-refractivity contribution in [3.63, 3.8) is 0 Å². The maximum atomic E-state index is 12.4. The quantitative estimate of drug-likeness (QED) is 0.829. The molecule has 0 aromatic heterocycles. The van der Waals surface area contributed by atoms with Crippen LogP contribution < -0.4 is 5.32 Å². The highest BCUT2D eigenvalue weighted by Gasteiger charge is 2.40. The highest BCUT2D eigenvalue weighted by molar-refractivity contribution is 4.84. The lowest BCUT2D eigenvalue weighted by molar-refractivity contribution is -0.210. The molecule has 1 aliphatic rings. The first kappa shape index (κ1) is 16.7. The van der Waals surface area contributed by atoms with Crippen molar-refractivity contribution in [2.75, 3.05) is 19.6 Å². The summed E-state index contributed by atoms with van der Waals surface area (Å²) in [6.07, 6.45) is -3.96. The fourth-order valence-electron chi connectivity index (χ4n) is 2.28. The van der Waals surface area contributed by atoms with E-state index in [0.717, 1.165) is 19.3 Å². The summed E-state index contributed by atoms with van der Waals surface area (Å²) in [5, 5.41) is 12.5. The van der Waals surface area contributed by atoms with Gasteiger partial charge in [0.05, 0.1) is 0 Å².